The fraction of sp³-hybridized carbons (Fsp3) is 0.529. The van der Waals surface area contributed by atoms with Crippen molar-refractivity contribution in [2.75, 3.05) is 30.7 Å². The number of anilines is 1. The van der Waals surface area contributed by atoms with Gasteiger partial charge in [0.1, 0.15) is 12.4 Å². The Morgan fingerprint density at radius 1 is 1.40 bits per heavy atom. The van der Waals surface area contributed by atoms with Crippen LogP contribution in [-0.4, -0.2) is 42.0 Å². The molecule has 1 aliphatic heterocycles. The Kier molecular flexibility index (Phi) is 9.55. The van der Waals surface area contributed by atoms with Crippen molar-refractivity contribution >= 4 is 53.3 Å². The number of aliphatic imine (C=N–C) groups is 1. The normalized spacial score (nSPS) is 19.9. The van der Waals surface area contributed by atoms with E-state index in [1.54, 1.807) is 12.1 Å². The van der Waals surface area contributed by atoms with Gasteiger partial charge in [-0.25, -0.2) is 9.38 Å². The summed E-state index contributed by atoms with van der Waals surface area (Å²) in [5.74, 6) is 1.16. The van der Waals surface area contributed by atoms with Crippen LogP contribution < -0.4 is 16.0 Å². The first-order chi connectivity index (χ1) is 11.5. The summed E-state index contributed by atoms with van der Waals surface area (Å²) in [4.78, 5) is 16.3. The van der Waals surface area contributed by atoms with E-state index in [1.807, 2.05) is 18.7 Å². The Labute approximate surface area is 170 Å². The Morgan fingerprint density at radius 2 is 2.20 bits per heavy atom. The second kappa shape index (κ2) is 10.8. The molecule has 1 fully saturated rings. The highest BCUT2D eigenvalue weighted by molar-refractivity contribution is 14.0. The minimum Gasteiger partial charge on any atom is -0.357 e. The van der Waals surface area contributed by atoms with E-state index < -0.39 is 0 Å². The lowest BCUT2D eigenvalue weighted by Gasteiger charge is -2.24. The second-order valence-corrected chi connectivity index (χ2v) is 7.69. The quantitative estimate of drug-likeness (QED) is 0.333. The van der Waals surface area contributed by atoms with Gasteiger partial charge in [0.2, 0.25) is 5.91 Å². The van der Waals surface area contributed by atoms with Crippen LogP contribution in [-0.2, 0) is 4.79 Å². The monoisotopic (exact) mass is 480 g/mol. The van der Waals surface area contributed by atoms with Gasteiger partial charge in [-0.1, -0.05) is 6.07 Å². The molecule has 1 aliphatic rings. The van der Waals surface area contributed by atoms with Gasteiger partial charge in [-0.05, 0) is 50.6 Å². The van der Waals surface area contributed by atoms with E-state index in [0.717, 1.165) is 13.1 Å². The summed E-state index contributed by atoms with van der Waals surface area (Å²) in [6, 6.07) is 5.82. The fourth-order valence-corrected chi connectivity index (χ4v) is 3.75. The molecule has 1 atom stereocenters. The van der Waals surface area contributed by atoms with E-state index in [9.17, 15) is 9.18 Å². The Balaban J connectivity index is 0.00000312. The SMILES string of the molecule is CCNC(=NCC(=O)Nc1cccc(F)c1)NCC1(C)CCCS1.I. The van der Waals surface area contributed by atoms with Crippen molar-refractivity contribution in [2.45, 2.75) is 31.4 Å². The summed E-state index contributed by atoms with van der Waals surface area (Å²) in [5.41, 5.74) is 0.433. The third-order valence-electron chi connectivity index (χ3n) is 3.76. The van der Waals surface area contributed by atoms with E-state index in [1.165, 1.54) is 30.7 Å². The van der Waals surface area contributed by atoms with Crippen LogP contribution >= 0.6 is 35.7 Å². The molecule has 0 aliphatic carbocycles. The minimum absolute atomic E-state index is 0. The molecular formula is C17H26FIN4OS. The van der Waals surface area contributed by atoms with Gasteiger partial charge in [0.05, 0.1) is 0 Å². The number of guanidine groups is 1. The second-order valence-electron chi connectivity index (χ2n) is 6.01. The average Bonchev–Trinajstić information content (AvgIpc) is 2.97. The van der Waals surface area contributed by atoms with E-state index in [2.05, 4.69) is 27.9 Å². The molecule has 0 radical (unpaired) electrons. The maximum atomic E-state index is 13.1. The molecule has 1 aromatic rings. The van der Waals surface area contributed by atoms with Crippen LogP contribution in [0.15, 0.2) is 29.3 Å². The molecule has 3 N–H and O–H groups in total. The topological polar surface area (TPSA) is 65.5 Å². The smallest absolute Gasteiger partial charge is 0.246 e. The standard InChI is InChI=1S/C17H25FN4OS.HI/c1-3-19-16(21-12-17(2)8-5-9-24-17)20-11-15(23)22-14-7-4-6-13(18)10-14;/h4,6-7,10H,3,5,8-9,11-12H2,1-2H3,(H,22,23)(H2,19,20,21);1H. The van der Waals surface area contributed by atoms with Gasteiger partial charge in [0, 0.05) is 23.5 Å². The van der Waals surface area contributed by atoms with E-state index in [-0.39, 0.29) is 47.0 Å². The Morgan fingerprint density at radius 3 is 2.84 bits per heavy atom. The molecule has 25 heavy (non-hydrogen) atoms. The fourth-order valence-electron chi connectivity index (χ4n) is 2.51. The molecule has 8 heteroatoms. The summed E-state index contributed by atoms with van der Waals surface area (Å²) < 4.78 is 13.3. The lowest BCUT2D eigenvalue weighted by Crippen LogP contribution is -2.44. The van der Waals surface area contributed by atoms with Crippen LogP contribution in [0.25, 0.3) is 0 Å². The first kappa shape index (κ1) is 22.0. The van der Waals surface area contributed by atoms with Gasteiger partial charge in [0.25, 0.3) is 0 Å². The van der Waals surface area contributed by atoms with Crippen LogP contribution in [0.2, 0.25) is 0 Å². The number of amides is 1. The summed E-state index contributed by atoms with van der Waals surface area (Å²) in [7, 11) is 0. The van der Waals surface area contributed by atoms with Gasteiger partial charge >= 0.3 is 0 Å². The summed E-state index contributed by atoms with van der Waals surface area (Å²) in [6.45, 7) is 5.75. The van der Waals surface area contributed by atoms with Crippen molar-refractivity contribution in [1.82, 2.24) is 10.6 Å². The van der Waals surface area contributed by atoms with Crippen LogP contribution in [0.4, 0.5) is 10.1 Å². The predicted octanol–water partition coefficient (Wildman–Crippen LogP) is 3.22. The number of carbonyl (C=O) groups is 1. The number of carbonyl (C=O) groups excluding carboxylic acids is 1. The zero-order valence-electron chi connectivity index (χ0n) is 14.6. The number of rotatable bonds is 6. The van der Waals surface area contributed by atoms with Crippen LogP contribution in [0.5, 0.6) is 0 Å². The lowest BCUT2D eigenvalue weighted by molar-refractivity contribution is -0.114. The van der Waals surface area contributed by atoms with Crippen molar-refractivity contribution < 1.29 is 9.18 Å². The zero-order valence-corrected chi connectivity index (χ0v) is 17.7. The van der Waals surface area contributed by atoms with Gasteiger partial charge in [-0.15, -0.1) is 24.0 Å². The number of hydrogen-bond donors (Lipinski definition) is 3. The van der Waals surface area contributed by atoms with Crippen molar-refractivity contribution in [3.63, 3.8) is 0 Å². The molecule has 1 aromatic carbocycles. The van der Waals surface area contributed by atoms with Crippen molar-refractivity contribution in [2.24, 2.45) is 4.99 Å². The summed E-state index contributed by atoms with van der Waals surface area (Å²) >= 11 is 1.97. The number of hydrogen-bond acceptors (Lipinski definition) is 3. The molecular weight excluding hydrogens is 454 g/mol. The summed E-state index contributed by atoms with van der Waals surface area (Å²) in [5, 5.41) is 9.09. The number of nitrogens with zero attached hydrogens (tertiary/aromatic N) is 1. The molecule has 1 amide bonds. The third kappa shape index (κ3) is 7.81. The molecule has 2 rings (SSSR count). The van der Waals surface area contributed by atoms with Crippen LogP contribution in [0, 0.1) is 5.82 Å². The Bertz CT molecular complexity index is 594. The molecule has 5 nitrogen and oxygen atoms in total. The number of nitrogens with one attached hydrogen (secondary N) is 3. The van der Waals surface area contributed by atoms with Crippen molar-refractivity contribution in [1.29, 1.82) is 0 Å². The lowest BCUT2D eigenvalue weighted by atomic mass is 10.1. The van der Waals surface area contributed by atoms with Crippen LogP contribution in [0.3, 0.4) is 0 Å². The van der Waals surface area contributed by atoms with Gasteiger partial charge in [-0.3, -0.25) is 4.79 Å². The largest absolute Gasteiger partial charge is 0.357 e. The molecule has 1 saturated heterocycles. The number of benzene rings is 1. The Hall–Kier alpha value is -1.03. The van der Waals surface area contributed by atoms with E-state index in [4.69, 9.17) is 0 Å². The highest BCUT2D eigenvalue weighted by Crippen LogP contribution is 2.36. The zero-order chi connectivity index (χ0) is 17.4. The van der Waals surface area contributed by atoms with Crippen molar-refractivity contribution in [3.05, 3.63) is 30.1 Å². The van der Waals surface area contributed by atoms with Gasteiger partial charge in [0.15, 0.2) is 5.96 Å². The first-order valence-electron chi connectivity index (χ1n) is 8.22. The average molecular weight is 480 g/mol. The third-order valence-corrected chi connectivity index (χ3v) is 5.30. The predicted molar refractivity (Wildman–Crippen MR) is 115 cm³/mol. The molecule has 1 heterocycles. The minimum atomic E-state index is -0.381. The molecule has 0 aromatic heterocycles. The summed E-state index contributed by atoms with van der Waals surface area (Å²) in [6.07, 6.45) is 2.43. The first-order valence-corrected chi connectivity index (χ1v) is 9.21. The highest BCUT2D eigenvalue weighted by atomic mass is 127. The highest BCUT2D eigenvalue weighted by Gasteiger charge is 2.29. The molecule has 0 saturated carbocycles. The molecule has 1 unspecified atom stereocenters. The molecule has 0 spiro atoms. The number of thioether (sulfide) groups is 1. The van der Waals surface area contributed by atoms with E-state index >= 15 is 0 Å². The van der Waals surface area contributed by atoms with Crippen molar-refractivity contribution in [3.8, 4) is 0 Å². The van der Waals surface area contributed by atoms with Gasteiger partial charge < -0.3 is 16.0 Å². The van der Waals surface area contributed by atoms with Gasteiger partial charge in [-0.2, -0.15) is 11.8 Å². The van der Waals surface area contributed by atoms with Crippen LogP contribution in [0.1, 0.15) is 26.7 Å². The molecule has 0 bridgehead atoms. The number of halogens is 2. The maximum absolute atomic E-state index is 13.1. The maximum Gasteiger partial charge on any atom is 0.246 e. The van der Waals surface area contributed by atoms with E-state index in [0.29, 0.717) is 11.6 Å². The molecule has 140 valence electrons.